The summed E-state index contributed by atoms with van der Waals surface area (Å²) in [5, 5.41) is 0.194. The predicted molar refractivity (Wildman–Crippen MR) is 26.9 cm³/mol. The minimum atomic E-state index is 0. The van der Waals surface area contributed by atoms with Gasteiger partial charge in [0.25, 0.3) is 0 Å². The van der Waals surface area contributed by atoms with Crippen molar-refractivity contribution in [1.29, 1.82) is 0 Å². The van der Waals surface area contributed by atoms with E-state index in [9.17, 15) is 0 Å². The van der Waals surface area contributed by atoms with Crippen LogP contribution in [0.15, 0.2) is 0 Å². The van der Waals surface area contributed by atoms with Gasteiger partial charge in [-0.25, -0.2) is 0 Å². The summed E-state index contributed by atoms with van der Waals surface area (Å²) in [7, 11) is 0. The van der Waals surface area contributed by atoms with Crippen molar-refractivity contribution in [3.05, 3.63) is 0 Å². The van der Waals surface area contributed by atoms with Crippen molar-refractivity contribution in [1.82, 2.24) is 0 Å². The Labute approximate surface area is 42.2 Å². The third kappa shape index (κ3) is 100. The van der Waals surface area contributed by atoms with E-state index in [2.05, 4.69) is 0 Å². The van der Waals surface area contributed by atoms with Crippen molar-refractivity contribution in [3.8, 4) is 0 Å². The summed E-state index contributed by atoms with van der Waals surface area (Å²) >= 11 is 9.53. The van der Waals surface area contributed by atoms with E-state index in [0.717, 1.165) is 0 Å². The topological polar surface area (TPSA) is 31.5 Å². The molecule has 0 amide bonds. The van der Waals surface area contributed by atoms with Crippen LogP contribution in [0, 0.1) is 0 Å². The summed E-state index contributed by atoms with van der Waals surface area (Å²) in [4.78, 5) is 0. The van der Waals surface area contributed by atoms with E-state index < -0.39 is 0 Å². The summed E-state index contributed by atoms with van der Waals surface area (Å²) < 4.78 is 0. The van der Waals surface area contributed by atoms with Crippen LogP contribution in [0.4, 0.5) is 0 Å². The van der Waals surface area contributed by atoms with Crippen LogP contribution in [0.3, 0.4) is 0 Å². The maximum Gasteiger partial charge on any atom is 0.0967 e. The standard InChI is InChI=1S/CH2Cl2.CH4.H2O/c2-1-3;;/h1H2;1H4;1H2. The van der Waals surface area contributed by atoms with Crippen LogP contribution >= 0.6 is 23.2 Å². The van der Waals surface area contributed by atoms with Gasteiger partial charge in [-0.3, -0.25) is 0 Å². The highest BCUT2D eigenvalue weighted by molar-refractivity contribution is 6.40. The lowest BCUT2D eigenvalue weighted by Crippen LogP contribution is -1.24. The molecule has 0 rings (SSSR count). The fraction of sp³-hybridized carbons (Fsp3) is 1.00. The van der Waals surface area contributed by atoms with Crippen LogP contribution in [-0.2, 0) is 0 Å². The van der Waals surface area contributed by atoms with Gasteiger partial charge in [0.05, 0.1) is 5.34 Å². The zero-order chi connectivity index (χ0) is 2.71. The highest BCUT2D eigenvalue weighted by Crippen LogP contribution is 1.73. The van der Waals surface area contributed by atoms with E-state index in [1.165, 1.54) is 0 Å². The molecule has 0 radical (unpaired) electrons. The van der Waals surface area contributed by atoms with E-state index in [0.29, 0.717) is 0 Å². The molecule has 0 aromatic carbocycles. The van der Waals surface area contributed by atoms with Crippen LogP contribution in [0.1, 0.15) is 7.43 Å². The molecule has 0 spiro atoms. The number of hydrogen-bond acceptors (Lipinski definition) is 0. The smallest absolute Gasteiger partial charge is 0.0967 e. The molecule has 0 unspecified atom stereocenters. The molecule has 36 valence electrons. The van der Waals surface area contributed by atoms with E-state index in [-0.39, 0.29) is 18.2 Å². The van der Waals surface area contributed by atoms with Crippen molar-refractivity contribution < 1.29 is 5.48 Å². The minimum absolute atomic E-state index is 0. The van der Waals surface area contributed by atoms with Crippen molar-refractivity contribution >= 4 is 23.2 Å². The molecule has 0 saturated heterocycles. The first-order valence-corrected chi connectivity index (χ1v) is 1.60. The molecule has 0 aromatic rings. The van der Waals surface area contributed by atoms with Crippen LogP contribution < -0.4 is 0 Å². The van der Waals surface area contributed by atoms with Gasteiger partial charge in [0, 0.05) is 0 Å². The molecule has 0 fully saturated rings. The van der Waals surface area contributed by atoms with Crippen molar-refractivity contribution in [2.45, 2.75) is 7.43 Å². The highest BCUT2D eigenvalue weighted by atomic mass is 35.5. The van der Waals surface area contributed by atoms with Crippen LogP contribution in [0.5, 0.6) is 0 Å². The summed E-state index contributed by atoms with van der Waals surface area (Å²) in [6.45, 7) is 0. The number of halogens is 2. The van der Waals surface area contributed by atoms with Crippen LogP contribution in [-0.4, -0.2) is 10.8 Å². The average molecular weight is 119 g/mol. The molecule has 5 heavy (non-hydrogen) atoms. The maximum atomic E-state index is 4.76. The fourth-order valence-corrected chi connectivity index (χ4v) is 0. The zero-order valence-corrected chi connectivity index (χ0v) is 3.47. The summed E-state index contributed by atoms with van der Waals surface area (Å²) in [6.07, 6.45) is 0. The molecule has 0 aliphatic heterocycles. The zero-order valence-electron chi connectivity index (χ0n) is 1.96. The molecular weight excluding hydrogens is 111 g/mol. The Morgan fingerprint density at radius 2 is 1.20 bits per heavy atom. The number of alkyl halides is 2. The van der Waals surface area contributed by atoms with Gasteiger partial charge in [-0.15, -0.1) is 23.2 Å². The Bertz CT molecular complexity index is 7.61. The second-order valence-corrected chi connectivity index (χ2v) is 0.909. The first-order valence-electron chi connectivity index (χ1n) is 0.535. The van der Waals surface area contributed by atoms with Gasteiger partial charge in [0.2, 0.25) is 0 Å². The molecule has 2 N–H and O–H groups in total. The van der Waals surface area contributed by atoms with Gasteiger partial charge in [-0.2, -0.15) is 0 Å². The fourth-order valence-electron chi connectivity index (χ4n) is 0. The third-order valence-electron chi connectivity index (χ3n) is 0. The Hall–Kier alpha value is 0.540. The first-order chi connectivity index (χ1) is 1.41. The molecule has 1 nitrogen and oxygen atoms in total. The highest BCUT2D eigenvalue weighted by Gasteiger charge is 1.41. The second kappa shape index (κ2) is 24.0. The van der Waals surface area contributed by atoms with E-state index in [1.54, 1.807) is 0 Å². The summed E-state index contributed by atoms with van der Waals surface area (Å²) in [5.74, 6) is 0. The first kappa shape index (κ1) is 17.7. The Balaban J connectivity index is -0.0000000200. The van der Waals surface area contributed by atoms with Gasteiger partial charge in [0.1, 0.15) is 0 Å². The lowest BCUT2D eigenvalue weighted by atomic mass is 11.9. The molecule has 0 aliphatic rings. The molecule has 0 aliphatic carbocycles. The molecule has 0 saturated carbocycles. The molecule has 3 heteroatoms. The maximum absolute atomic E-state index is 4.76. The Kier molecular flexibility index (Phi) is 84.9. The van der Waals surface area contributed by atoms with E-state index >= 15 is 0 Å². The Morgan fingerprint density at radius 3 is 1.20 bits per heavy atom. The molecule has 0 bridgehead atoms. The van der Waals surface area contributed by atoms with Crippen molar-refractivity contribution in [3.63, 3.8) is 0 Å². The van der Waals surface area contributed by atoms with Crippen LogP contribution in [0.25, 0.3) is 0 Å². The second-order valence-electron chi connectivity index (χ2n) is 0.101. The quantitative estimate of drug-likeness (QED) is 0.429. The number of hydrogen-bond donors (Lipinski definition) is 0. The average Bonchev–Trinajstić information content (AvgIpc) is 0.918. The van der Waals surface area contributed by atoms with Crippen LogP contribution in [0.2, 0.25) is 0 Å². The van der Waals surface area contributed by atoms with E-state index in [1.807, 2.05) is 0 Å². The largest absolute Gasteiger partial charge is 0.412 e. The SMILES string of the molecule is C.ClCCl.O. The Morgan fingerprint density at radius 1 is 1.20 bits per heavy atom. The third-order valence-corrected chi connectivity index (χ3v) is 0. The minimum Gasteiger partial charge on any atom is -0.412 e. The number of rotatable bonds is 0. The van der Waals surface area contributed by atoms with Gasteiger partial charge in [-0.05, 0) is 0 Å². The summed E-state index contributed by atoms with van der Waals surface area (Å²) in [6, 6.07) is 0. The molecular formula is C2H8Cl2O. The van der Waals surface area contributed by atoms with Gasteiger partial charge in [-0.1, -0.05) is 7.43 Å². The summed E-state index contributed by atoms with van der Waals surface area (Å²) in [5.41, 5.74) is 0. The monoisotopic (exact) mass is 118 g/mol. The van der Waals surface area contributed by atoms with Gasteiger partial charge >= 0.3 is 0 Å². The van der Waals surface area contributed by atoms with Gasteiger partial charge in [0.15, 0.2) is 0 Å². The van der Waals surface area contributed by atoms with Gasteiger partial charge < -0.3 is 5.48 Å². The van der Waals surface area contributed by atoms with Crippen molar-refractivity contribution in [2.24, 2.45) is 0 Å². The van der Waals surface area contributed by atoms with Crippen molar-refractivity contribution in [2.75, 3.05) is 5.34 Å². The normalized spacial score (nSPS) is 3.60. The molecule has 0 heterocycles. The lowest BCUT2D eigenvalue weighted by Gasteiger charge is -1.42. The lowest BCUT2D eigenvalue weighted by molar-refractivity contribution is 0.824. The molecule has 0 atom stereocenters. The predicted octanol–water partition coefficient (Wildman–Crippen LogP) is 1.23. The van der Waals surface area contributed by atoms with E-state index in [4.69, 9.17) is 23.2 Å². The molecule has 0 aromatic heterocycles.